The summed E-state index contributed by atoms with van der Waals surface area (Å²) in [5.74, 6) is 0.158. The van der Waals surface area contributed by atoms with E-state index in [9.17, 15) is 4.79 Å². The number of ketones is 1. The normalized spacial score (nSPS) is 11.3. The standard InChI is InChI=1S/C24H22OS/c1-2-3-4-16-22-23(20-13-7-8-15-21(20)26-22)24(25)19-14-9-11-17-10-5-6-12-18(17)19/h5-15H,2-4,16H2,1H3. The summed E-state index contributed by atoms with van der Waals surface area (Å²) in [6, 6.07) is 22.5. The largest absolute Gasteiger partial charge is 0.289 e. The Kier molecular flexibility index (Phi) is 4.85. The summed E-state index contributed by atoms with van der Waals surface area (Å²) >= 11 is 1.78. The Morgan fingerprint density at radius 3 is 2.42 bits per heavy atom. The van der Waals surface area contributed by atoms with E-state index >= 15 is 0 Å². The van der Waals surface area contributed by atoms with Crippen molar-refractivity contribution in [1.29, 1.82) is 0 Å². The first kappa shape index (κ1) is 17.0. The summed E-state index contributed by atoms with van der Waals surface area (Å²) in [4.78, 5) is 14.8. The van der Waals surface area contributed by atoms with Crippen LogP contribution in [0.2, 0.25) is 0 Å². The summed E-state index contributed by atoms with van der Waals surface area (Å²) in [5.41, 5.74) is 1.72. The third kappa shape index (κ3) is 3.06. The van der Waals surface area contributed by atoms with Gasteiger partial charge in [-0.25, -0.2) is 0 Å². The molecule has 0 radical (unpaired) electrons. The highest BCUT2D eigenvalue weighted by molar-refractivity contribution is 7.19. The first-order valence-electron chi connectivity index (χ1n) is 9.32. The molecule has 4 aromatic rings. The van der Waals surface area contributed by atoms with Crippen molar-refractivity contribution in [2.24, 2.45) is 0 Å². The molecule has 2 heteroatoms. The van der Waals surface area contributed by atoms with Crippen LogP contribution in [0, 0.1) is 0 Å². The van der Waals surface area contributed by atoms with E-state index in [0.717, 1.165) is 40.1 Å². The Morgan fingerprint density at radius 2 is 1.58 bits per heavy atom. The number of rotatable bonds is 6. The molecule has 0 aliphatic rings. The fourth-order valence-corrected chi connectivity index (χ4v) is 4.86. The van der Waals surface area contributed by atoms with Gasteiger partial charge in [-0.2, -0.15) is 0 Å². The molecule has 4 rings (SSSR count). The number of aryl methyl sites for hydroxylation is 1. The van der Waals surface area contributed by atoms with Gasteiger partial charge in [0.1, 0.15) is 0 Å². The highest BCUT2D eigenvalue weighted by Crippen LogP contribution is 2.35. The number of unbranched alkanes of at least 4 members (excludes halogenated alkanes) is 2. The lowest BCUT2D eigenvalue weighted by molar-refractivity contribution is 0.104. The average Bonchev–Trinajstić information content (AvgIpc) is 3.05. The monoisotopic (exact) mass is 358 g/mol. The van der Waals surface area contributed by atoms with E-state index < -0.39 is 0 Å². The summed E-state index contributed by atoms with van der Waals surface area (Å²) in [7, 11) is 0. The minimum atomic E-state index is 0.158. The van der Waals surface area contributed by atoms with Crippen LogP contribution >= 0.6 is 11.3 Å². The smallest absolute Gasteiger partial charge is 0.195 e. The topological polar surface area (TPSA) is 17.1 Å². The molecule has 0 amide bonds. The van der Waals surface area contributed by atoms with E-state index in [1.54, 1.807) is 11.3 Å². The van der Waals surface area contributed by atoms with E-state index in [-0.39, 0.29) is 5.78 Å². The Bertz CT molecular complexity index is 1070. The van der Waals surface area contributed by atoms with Crippen LogP contribution < -0.4 is 0 Å². The van der Waals surface area contributed by atoms with Gasteiger partial charge in [-0.3, -0.25) is 4.79 Å². The zero-order valence-corrected chi connectivity index (χ0v) is 15.8. The maximum Gasteiger partial charge on any atom is 0.195 e. The number of hydrogen-bond donors (Lipinski definition) is 0. The predicted octanol–water partition coefficient (Wildman–Crippen LogP) is 7.02. The van der Waals surface area contributed by atoms with E-state index in [0.29, 0.717) is 0 Å². The lowest BCUT2D eigenvalue weighted by atomic mass is 9.94. The van der Waals surface area contributed by atoms with Gasteiger partial charge in [0.2, 0.25) is 0 Å². The lowest BCUT2D eigenvalue weighted by Gasteiger charge is -2.08. The lowest BCUT2D eigenvalue weighted by Crippen LogP contribution is -2.04. The van der Waals surface area contributed by atoms with Gasteiger partial charge in [0.25, 0.3) is 0 Å². The van der Waals surface area contributed by atoms with Crippen LogP contribution in [-0.2, 0) is 6.42 Å². The second kappa shape index (κ2) is 7.43. The van der Waals surface area contributed by atoms with Gasteiger partial charge in [-0.1, -0.05) is 80.4 Å². The molecule has 0 N–H and O–H groups in total. The fourth-order valence-electron chi connectivity index (χ4n) is 3.61. The molecular formula is C24H22OS. The van der Waals surface area contributed by atoms with Crippen LogP contribution in [0.5, 0.6) is 0 Å². The number of fused-ring (bicyclic) bond motifs is 2. The average molecular weight is 359 g/mol. The van der Waals surface area contributed by atoms with Crippen molar-refractivity contribution < 1.29 is 4.79 Å². The van der Waals surface area contributed by atoms with E-state index in [1.165, 1.54) is 22.4 Å². The van der Waals surface area contributed by atoms with Crippen LogP contribution in [0.4, 0.5) is 0 Å². The zero-order chi connectivity index (χ0) is 17.9. The third-order valence-corrected chi connectivity index (χ3v) is 6.17. The third-order valence-electron chi connectivity index (χ3n) is 4.94. The summed E-state index contributed by atoms with van der Waals surface area (Å²) in [6.45, 7) is 2.22. The van der Waals surface area contributed by atoms with E-state index in [4.69, 9.17) is 0 Å². The molecule has 0 fully saturated rings. The minimum absolute atomic E-state index is 0.158. The quantitative estimate of drug-likeness (QED) is 0.267. The maximum atomic E-state index is 13.6. The molecule has 0 saturated carbocycles. The van der Waals surface area contributed by atoms with E-state index in [2.05, 4.69) is 37.3 Å². The van der Waals surface area contributed by atoms with E-state index in [1.807, 2.05) is 36.4 Å². The van der Waals surface area contributed by atoms with Crippen molar-refractivity contribution >= 4 is 38.0 Å². The van der Waals surface area contributed by atoms with Crippen LogP contribution in [0.25, 0.3) is 20.9 Å². The second-order valence-corrected chi connectivity index (χ2v) is 7.85. The maximum absolute atomic E-state index is 13.6. The molecule has 1 heterocycles. The Hall–Kier alpha value is -2.45. The highest BCUT2D eigenvalue weighted by atomic mass is 32.1. The molecule has 1 aromatic heterocycles. The van der Waals surface area contributed by atoms with Crippen molar-refractivity contribution in [2.75, 3.05) is 0 Å². The molecule has 1 nitrogen and oxygen atoms in total. The van der Waals surface area contributed by atoms with Crippen molar-refractivity contribution in [3.05, 3.63) is 82.7 Å². The van der Waals surface area contributed by atoms with Gasteiger partial charge in [-0.15, -0.1) is 11.3 Å². The van der Waals surface area contributed by atoms with Crippen molar-refractivity contribution in [2.45, 2.75) is 32.6 Å². The molecule has 0 aliphatic heterocycles. The number of carbonyl (C=O) groups excluding carboxylic acids is 1. The van der Waals surface area contributed by atoms with Crippen LogP contribution in [0.15, 0.2) is 66.7 Å². The highest BCUT2D eigenvalue weighted by Gasteiger charge is 2.21. The van der Waals surface area contributed by atoms with Gasteiger partial charge in [0.05, 0.1) is 0 Å². The van der Waals surface area contributed by atoms with Gasteiger partial charge in [-0.05, 0) is 29.7 Å². The molecule has 3 aromatic carbocycles. The van der Waals surface area contributed by atoms with Crippen molar-refractivity contribution in [3.63, 3.8) is 0 Å². The second-order valence-electron chi connectivity index (χ2n) is 6.71. The fraction of sp³-hybridized carbons (Fsp3) is 0.208. The molecule has 0 aliphatic carbocycles. The van der Waals surface area contributed by atoms with Crippen LogP contribution in [-0.4, -0.2) is 5.78 Å². The molecule has 0 spiro atoms. The van der Waals surface area contributed by atoms with Crippen molar-refractivity contribution in [1.82, 2.24) is 0 Å². The summed E-state index contributed by atoms with van der Waals surface area (Å²) < 4.78 is 1.21. The number of thiophene rings is 1. The Morgan fingerprint density at radius 1 is 0.846 bits per heavy atom. The van der Waals surface area contributed by atoms with Crippen LogP contribution in [0.3, 0.4) is 0 Å². The van der Waals surface area contributed by atoms with Gasteiger partial charge >= 0.3 is 0 Å². The number of hydrogen-bond acceptors (Lipinski definition) is 2. The first-order chi connectivity index (χ1) is 12.8. The summed E-state index contributed by atoms with van der Waals surface area (Å²) in [6.07, 6.45) is 4.52. The Balaban J connectivity index is 1.86. The predicted molar refractivity (Wildman–Crippen MR) is 112 cm³/mol. The molecule has 0 saturated heterocycles. The van der Waals surface area contributed by atoms with Gasteiger partial charge < -0.3 is 0 Å². The number of carbonyl (C=O) groups is 1. The molecule has 0 bridgehead atoms. The first-order valence-corrected chi connectivity index (χ1v) is 10.1. The van der Waals surface area contributed by atoms with Gasteiger partial charge in [0.15, 0.2) is 5.78 Å². The number of benzene rings is 3. The van der Waals surface area contributed by atoms with Crippen molar-refractivity contribution in [3.8, 4) is 0 Å². The zero-order valence-electron chi connectivity index (χ0n) is 15.0. The molecule has 0 atom stereocenters. The van der Waals surface area contributed by atoms with Gasteiger partial charge in [0, 0.05) is 26.1 Å². The molecular weight excluding hydrogens is 336 g/mol. The minimum Gasteiger partial charge on any atom is -0.289 e. The molecule has 26 heavy (non-hydrogen) atoms. The SMILES string of the molecule is CCCCCc1sc2ccccc2c1C(=O)c1cccc2ccccc12. The van der Waals surface area contributed by atoms with Crippen LogP contribution in [0.1, 0.15) is 47.0 Å². The Labute approximate surface area is 158 Å². The molecule has 130 valence electrons. The summed E-state index contributed by atoms with van der Waals surface area (Å²) in [5, 5.41) is 3.25. The molecule has 0 unspecified atom stereocenters.